The third-order valence-electron chi connectivity index (χ3n) is 5.33. The first-order valence-corrected chi connectivity index (χ1v) is 10.9. The molecule has 2 aromatic heterocycles. The van der Waals surface area contributed by atoms with E-state index in [1.807, 2.05) is 0 Å². The van der Waals surface area contributed by atoms with Gasteiger partial charge in [-0.1, -0.05) is 25.1 Å². The summed E-state index contributed by atoms with van der Waals surface area (Å²) in [5.41, 5.74) is -3.03. The Labute approximate surface area is 203 Å². The summed E-state index contributed by atoms with van der Waals surface area (Å²) in [5, 5.41) is 15.8. The number of halogens is 3. The summed E-state index contributed by atoms with van der Waals surface area (Å²) < 4.78 is 47.9. The van der Waals surface area contributed by atoms with Crippen LogP contribution in [0.3, 0.4) is 0 Å². The predicted octanol–water partition coefficient (Wildman–Crippen LogP) is 3.41. The molecule has 0 saturated heterocycles. The Bertz CT molecular complexity index is 1390. The molecule has 0 unspecified atom stereocenters. The molecule has 3 aromatic rings. The molecular weight excluding hydrogens is 483 g/mol. The Kier molecular flexibility index (Phi) is 8.25. The van der Waals surface area contributed by atoms with E-state index in [4.69, 9.17) is 4.74 Å². The minimum atomic E-state index is -4.52. The van der Waals surface area contributed by atoms with Gasteiger partial charge in [-0.15, -0.1) is 0 Å². The van der Waals surface area contributed by atoms with E-state index in [9.17, 15) is 32.9 Å². The van der Waals surface area contributed by atoms with Crippen LogP contribution in [0.15, 0.2) is 46.2 Å². The maximum absolute atomic E-state index is 13.3. The van der Waals surface area contributed by atoms with Gasteiger partial charge in [0.1, 0.15) is 5.69 Å². The summed E-state index contributed by atoms with van der Waals surface area (Å²) in [6.07, 6.45) is 1.45. The van der Waals surface area contributed by atoms with Crippen LogP contribution in [0, 0.1) is 10.1 Å². The number of ether oxygens (including phenoxy) is 1. The van der Waals surface area contributed by atoms with E-state index >= 15 is 0 Å². The van der Waals surface area contributed by atoms with Gasteiger partial charge in [0.15, 0.2) is 0 Å². The largest absolute Gasteiger partial charge is 0.416 e. The van der Waals surface area contributed by atoms with Crippen LogP contribution >= 0.6 is 0 Å². The zero-order valence-corrected chi connectivity index (χ0v) is 19.6. The average Bonchev–Trinajstić information content (AvgIpc) is 3.26. The maximum atomic E-state index is 13.3. The van der Waals surface area contributed by atoms with Crippen LogP contribution in [0.1, 0.15) is 35.7 Å². The van der Waals surface area contributed by atoms with Gasteiger partial charge in [0.05, 0.1) is 36.4 Å². The van der Waals surface area contributed by atoms with Gasteiger partial charge in [0, 0.05) is 25.4 Å². The Balaban J connectivity index is 2.00. The van der Waals surface area contributed by atoms with Crippen LogP contribution in [-0.2, 0) is 30.5 Å². The van der Waals surface area contributed by atoms with Gasteiger partial charge in [-0.25, -0.2) is 4.79 Å². The first-order chi connectivity index (χ1) is 17.1. The monoisotopic (exact) mass is 507 g/mol. The molecule has 2 heterocycles. The summed E-state index contributed by atoms with van der Waals surface area (Å²) in [4.78, 5) is 36.6. The number of benzene rings is 1. The van der Waals surface area contributed by atoms with Crippen LogP contribution < -0.4 is 11.2 Å². The normalized spacial score (nSPS) is 11.9. The molecular formula is C23H24F3N5O5. The Morgan fingerprint density at radius 3 is 2.50 bits per heavy atom. The second-order valence-electron chi connectivity index (χ2n) is 7.83. The van der Waals surface area contributed by atoms with E-state index in [0.717, 1.165) is 15.2 Å². The smallest absolute Gasteiger partial charge is 0.383 e. The van der Waals surface area contributed by atoms with Gasteiger partial charge in [-0.3, -0.25) is 28.7 Å². The van der Waals surface area contributed by atoms with Gasteiger partial charge in [-0.05, 0) is 30.2 Å². The summed E-state index contributed by atoms with van der Waals surface area (Å²) in [7, 11) is 1.38. The first kappa shape index (κ1) is 26.6. The fourth-order valence-corrected chi connectivity index (χ4v) is 3.70. The average molecular weight is 507 g/mol. The van der Waals surface area contributed by atoms with Gasteiger partial charge in [0.2, 0.25) is 0 Å². The molecule has 0 amide bonds. The van der Waals surface area contributed by atoms with Crippen molar-refractivity contribution in [2.45, 2.75) is 39.2 Å². The zero-order chi connectivity index (χ0) is 26.5. The first-order valence-electron chi connectivity index (χ1n) is 10.9. The lowest BCUT2D eigenvalue weighted by molar-refractivity contribution is -0.387. The van der Waals surface area contributed by atoms with Crippen molar-refractivity contribution in [3.05, 3.63) is 90.0 Å². The molecule has 36 heavy (non-hydrogen) atoms. The van der Waals surface area contributed by atoms with Gasteiger partial charge < -0.3 is 4.74 Å². The fraction of sp³-hybridized carbons (Fsp3) is 0.348. The summed E-state index contributed by atoms with van der Waals surface area (Å²) in [5.74, 6) is 0. The van der Waals surface area contributed by atoms with Gasteiger partial charge in [0.25, 0.3) is 0 Å². The van der Waals surface area contributed by atoms with Crippen LogP contribution in [0.4, 0.5) is 18.9 Å². The Morgan fingerprint density at radius 1 is 1.14 bits per heavy atom. The molecule has 10 nitrogen and oxygen atoms in total. The van der Waals surface area contributed by atoms with Crippen molar-refractivity contribution < 1.29 is 22.8 Å². The highest BCUT2D eigenvalue weighted by Crippen LogP contribution is 2.32. The minimum Gasteiger partial charge on any atom is -0.383 e. The lowest BCUT2D eigenvalue weighted by Crippen LogP contribution is -2.43. The van der Waals surface area contributed by atoms with Crippen LogP contribution in [0.5, 0.6) is 0 Å². The number of alkyl halides is 3. The van der Waals surface area contributed by atoms with Crippen molar-refractivity contribution >= 4 is 17.8 Å². The molecule has 0 aliphatic carbocycles. The molecule has 0 aliphatic rings. The predicted molar refractivity (Wildman–Crippen MR) is 125 cm³/mol. The zero-order valence-electron chi connectivity index (χ0n) is 19.6. The molecule has 1 aromatic carbocycles. The van der Waals surface area contributed by atoms with Crippen molar-refractivity contribution in [1.82, 2.24) is 18.9 Å². The van der Waals surface area contributed by atoms with E-state index in [-0.39, 0.29) is 37.5 Å². The lowest BCUT2D eigenvalue weighted by Gasteiger charge is -2.13. The second-order valence-corrected chi connectivity index (χ2v) is 7.83. The number of aromatic nitrogens is 4. The quantitative estimate of drug-likeness (QED) is 0.307. The Hall–Kier alpha value is -4.00. The van der Waals surface area contributed by atoms with Crippen molar-refractivity contribution in [2.24, 2.45) is 0 Å². The van der Waals surface area contributed by atoms with E-state index in [2.05, 4.69) is 5.10 Å². The molecule has 3 rings (SSSR count). The maximum Gasteiger partial charge on any atom is 0.416 e. The minimum absolute atomic E-state index is 0.0181. The van der Waals surface area contributed by atoms with Crippen molar-refractivity contribution in [3.63, 3.8) is 0 Å². The van der Waals surface area contributed by atoms with Gasteiger partial charge >= 0.3 is 23.1 Å². The number of hydrogen-bond donors (Lipinski definition) is 0. The number of methoxy groups -OCH3 is 1. The fourth-order valence-electron chi connectivity index (χ4n) is 3.70. The van der Waals surface area contributed by atoms with E-state index in [0.29, 0.717) is 12.0 Å². The Morgan fingerprint density at radius 2 is 1.86 bits per heavy atom. The molecule has 0 spiro atoms. The molecule has 13 heteroatoms. The van der Waals surface area contributed by atoms with Gasteiger partial charge in [-0.2, -0.15) is 18.3 Å². The molecule has 0 bridgehead atoms. The SMILES string of the molecule is CCCn1c(/C=C/c2cnn(Cc3ccccc3C(F)(F)F)c2)c([N+](=O)[O-])c(=O)n(CCOC)c1=O. The van der Waals surface area contributed by atoms with Crippen LogP contribution in [-0.4, -0.2) is 37.6 Å². The standard InChI is InChI=1S/C23H24F3N5O5/c1-3-10-29-19(20(31(34)35)21(32)30(22(29)33)11-12-36-2)9-8-16-13-27-28(14-16)15-17-6-4-5-7-18(17)23(24,25)26/h4-9,13-14H,3,10-12,15H2,1-2H3/b9-8+. The van der Waals surface area contributed by atoms with Crippen molar-refractivity contribution in [3.8, 4) is 0 Å². The van der Waals surface area contributed by atoms with Crippen molar-refractivity contribution in [2.75, 3.05) is 13.7 Å². The second kappa shape index (κ2) is 11.2. The number of hydrogen-bond acceptors (Lipinski definition) is 6. The molecule has 192 valence electrons. The van der Waals surface area contributed by atoms with Crippen molar-refractivity contribution in [1.29, 1.82) is 0 Å². The molecule has 0 saturated carbocycles. The number of rotatable bonds is 10. The third-order valence-corrected chi connectivity index (χ3v) is 5.33. The highest BCUT2D eigenvalue weighted by Gasteiger charge is 2.33. The van der Waals surface area contributed by atoms with E-state index in [1.54, 1.807) is 6.92 Å². The summed E-state index contributed by atoms with van der Waals surface area (Å²) in [6.45, 7) is 1.62. The number of nitrogens with zero attached hydrogens (tertiary/aromatic N) is 5. The summed E-state index contributed by atoms with van der Waals surface area (Å²) >= 11 is 0. The molecule has 0 atom stereocenters. The van der Waals surface area contributed by atoms with Crippen LogP contribution in [0.25, 0.3) is 12.2 Å². The highest BCUT2D eigenvalue weighted by atomic mass is 19.4. The molecule has 0 radical (unpaired) electrons. The molecule has 0 aliphatic heterocycles. The molecule has 0 fully saturated rings. The molecule has 0 N–H and O–H groups in total. The summed E-state index contributed by atoms with van der Waals surface area (Å²) in [6, 6.07) is 5.14. The van der Waals surface area contributed by atoms with E-state index < -0.39 is 33.6 Å². The highest BCUT2D eigenvalue weighted by molar-refractivity contribution is 5.71. The van der Waals surface area contributed by atoms with E-state index in [1.165, 1.54) is 54.5 Å². The number of nitro groups is 1. The topological polar surface area (TPSA) is 114 Å². The third kappa shape index (κ3) is 5.79. The lowest BCUT2D eigenvalue weighted by atomic mass is 10.1. The van der Waals surface area contributed by atoms with Crippen LogP contribution in [0.2, 0.25) is 0 Å².